The van der Waals surface area contributed by atoms with Crippen molar-refractivity contribution in [1.82, 2.24) is 5.32 Å². The molecule has 2 rings (SSSR count). The Hall–Kier alpha value is -2.83. The summed E-state index contributed by atoms with van der Waals surface area (Å²) < 4.78 is 38.7. The van der Waals surface area contributed by atoms with Crippen molar-refractivity contribution in [1.29, 1.82) is 0 Å². The molecule has 2 aromatic carbocycles. The fourth-order valence-corrected chi connectivity index (χ4v) is 2.25. The zero-order valence-electron chi connectivity index (χ0n) is 13.6. The highest BCUT2D eigenvalue weighted by Gasteiger charge is 2.33. The van der Waals surface area contributed by atoms with Gasteiger partial charge in [0.05, 0.1) is 5.56 Å². The van der Waals surface area contributed by atoms with Crippen LogP contribution in [0.15, 0.2) is 48.5 Å². The maximum Gasteiger partial charge on any atom is 0.416 e. The molecule has 1 atom stereocenters. The number of alkyl halides is 3. The fraction of sp³-hybridized carbons (Fsp3) is 0.222. The minimum atomic E-state index is -4.50. The zero-order valence-corrected chi connectivity index (χ0v) is 13.6. The maximum absolute atomic E-state index is 12.9. The number of halogens is 3. The van der Waals surface area contributed by atoms with Gasteiger partial charge in [-0.15, -0.1) is 0 Å². The molecule has 0 aromatic heterocycles. The van der Waals surface area contributed by atoms with Gasteiger partial charge < -0.3 is 10.6 Å². The van der Waals surface area contributed by atoms with E-state index in [-0.39, 0.29) is 11.3 Å². The number of anilines is 1. The second kappa shape index (κ2) is 7.38. The Morgan fingerprint density at radius 3 is 2.24 bits per heavy atom. The average Bonchev–Trinajstić information content (AvgIpc) is 2.56. The van der Waals surface area contributed by atoms with Gasteiger partial charge in [0.1, 0.15) is 6.04 Å². The monoisotopic (exact) mass is 350 g/mol. The summed E-state index contributed by atoms with van der Waals surface area (Å²) in [6.45, 7) is 2.74. The van der Waals surface area contributed by atoms with Gasteiger partial charge in [-0.25, -0.2) is 0 Å². The second-order valence-corrected chi connectivity index (χ2v) is 5.53. The lowest BCUT2D eigenvalue weighted by molar-refractivity contribution is -0.138. The smallest absolute Gasteiger partial charge is 0.341 e. The number of carbonyl (C=O) groups is 2. The number of carbonyl (C=O) groups excluding carboxylic acids is 2. The van der Waals surface area contributed by atoms with E-state index in [4.69, 9.17) is 0 Å². The molecule has 2 aromatic rings. The summed E-state index contributed by atoms with van der Waals surface area (Å²) >= 11 is 0. The number of benzene rings is 2. The SMILES string of the molecule is Cc1c(NC(=O)C(C)NC(=O)c2ccccc2)cccc1C(F)(F)F. The number of amides is 2. The van der Waals surface area contributed by atoms with Crippen LogP contribution in [0.1, 0.15) is 28.4 Å². The van der Waals surface area contributed by atoms with Gasteiger partial charge in [0, 0.05) is 11.3 Å². The molecule has 0 spiro atoms. The fourth-order valence-electron chi connectivity index (χ4n) is 2.25. The van der Waals surface area contributed by atoms with Gasteiger partial charge >= 0.3 is 6.18 Å². The molecule has 2 N–H and O–H groups in total. The topological polar surface area (TPSA) is 58.2 Å². The highest BCUT2D eigenvalue weighted by atomic mass is 19.4. The molecule has 0 aliphatic heterocycles. The van der Waals surface area contributed by atoms with Crippen LogP contribution in [0.25, 0.3) is 0 Å². The number of hydrogen-bond donors (Lipinski definition) is 2. The van der Waals surface area contributed by atoms with E-state index in [1.807, 2.05) is 0 Å². The third kappa shape index (κ3) is 4.59. The van der Waals surface area contributed by atoms with Gasteiger partial charge in [0.2, 0.25) is 5.91 Å². The summed E-state index contributed by atoms with van der Waals surface area (Å²) in [6.07, 6.45) is -4.50. The maximum atomic E-state index is 12.9. The van der Waals surface area contributed by atoms with Crippen LogP contribution in [0.2, 0.25) is 0 Å². The van der Waals surface area contributed by atoms with E-state index >= 15 is 0 Å². The molecule has 0 saturated heterocycles. The molecule has 0 saturated carbocycles. The highest BCUT2D eigenvalue weighted by Crippen LogP contribution is 2.34. The lowest BCUT2D eigenvalue weighted by Crippen LogP contribution is -2.41. The van der Waals surface area contributed by atoms with E-state index in [2.05, 4.69) is 10.6 Å². The van der Waals surface area contributed by atoms with Crippen molar-refractivity contribution < 1.29 is 22.8 Å². The van der Waals surface area contributed by atoms with Crippen molar-refractivity contribution in [3.05, 3.63) is 65.2 Å². The molecule has 2 amide bonds. The molecule has 0 fully saturated rings. The molecule has 1 unspecified atom stereocenters. The molecular formula is C18H17F3N2O2. The third-order valence-electron chi connectivity index (χ3n) is 3.67. The standard InChI is InChI=1S/C18H17F3N2O2/c1-11-14(18(19,20)21)9-6-10-15(11)23-16(24)12(2)22-17(25)13-7-4-3-5-8-13/h3-10,12H,1-2H3,(H,22,25)(H,23,24). The first kappa shape index (κ1) is 18.5. The van der Waals surface area contributed by atoms with Gasteiger partial charge in [-0.05, 0) is 43.7 Å². The van der Waals surface area contributed by atoms with Crippen molar-refractivity contribution in [3.63, 3.8) is 0 Å². The van der Waals surface area contributed by atoms with E-state index in [1.165, 1.54) is 26.0 Å². The lowest BCUT2D eigenvalue weighted by atomic mass is 10.1. The van der Waals surface area contributed by atoms with Crippen molar-refractivity contribution in [2.45, 2.75) is 26.1 Å². The first-order chi connectivity index (χ1) is 11.7. The van der Waals surface area contributed by atoms with Gasteiger partial charge in [0.15, 0.2) is 0 Å². The van der Waals surface area contributed by atoms with Gasteiger partial charge in [0.25, 0.3) is 5.91 Å². The largest absolute Gasteiger partial charge is 0.416 e. The van der Waals surface area contributed by atoms with Crippen LogP contribution in [-0.2, 0) is 11.0 Å². The van der Waals surface area contributed by atoms with Crippen molar-refractivity contribution in [3.8, 4) is 0 Å². The van der Waals surface area contributed by atoms with Crippen LogP contribution in [0.3, 0.4) is 0 Å². The molecule has 7 heteroatoms. The van der Waals surface area contributed by atoms with E-state index in [9.17, 15) is 22.8 Å². The molecular weight excluding hydrogens is 333 g/mol. The summed E-state index contributed by atoms with van der Waals surface area (Å²) in [7, 11) is 0. The van der Waals surface area contributed by atoms with Gasteiger partial charge in [-0.1, -0.05) is 24.3 Å². The Morgan fingerprint density at radius 2 is 1.64 bits per heavy atom. The van der Waals surface area contributed by atoms with Crippen molar-refractivity contribution in [2.24, 2.45) is 0 Å². The van der Waals surface area contributed by atoms with Crippen LogP contribution in [0.5, 0.6) is 0 Å². The van der Waals surface area contributed by atoms with E-state index < -0.39 is 29.6 Å². The number of rotatable bonds is 4. The molecule has 25 heavy (non-hydrogen) atoms. The molecule has 0 bridgehead atoms. The minimum Gasteiger partial charge on any atom is -0.341 e. The quantitative estimate of drug-likeness (QED) is 0.882. The summed E-state index contributed by atoms with van der Waals surface area (Å²) in [5.41, 5.74) is -0.450. The lowest BCUT2D eigenvalue weighted by Gasteiger charge is -2.17. The molecule has 132 valence electrons. The normalized spacial score (nSPS) is 12.4. The number of nitrogens with one attached hydrogen (secondary N) is 2. The average molecular weight is 350 g/mol. The van der Waals surface area contributed by atoms with Crippen LogP contribution >= 0.6 is 0 Å². The summed E-state index contributed by atoms with van der Waals surface area (Å²) in [5, 5.41) is 4.93. The summed E-state index contributed by atoms with van der Waals surface area (Å²) in [6, 6.07) is 11.0. The van der Waals surface area contributed by atoms with Crippen LogP contribution < -0.4 is 10.6 Å². The Balaban J connectivity index is 2.08. The van der Waals surface area contributed by atoms with Crippen LogP contribution in [0, 0.1) is 6.92 Å². The first-order valence-corrected chi connectivity index (χ1v) is 7.53. The van der Waals surface area contributed by atoms with Gasteiger partial charge in [-0.2, -0.15) is 13.2 Å². The molecule has 0 heterocycles. The Kier molecular flexibility index (Phi) is 5.46. The molecule has 0 aliphatic carbocycles. The van der Waals surface area contributed by atoms with E-state index in [1.54, 1.807) is 30.3 Å². The zero-order chi connectivity index (χ0) is 18.6. The van der Waals surface area contributed by atoms with E-state index in [0.29, 0.717) is 5.56 Å². The Labute approximate surface area is 143 Å². The summed E-state index contributed by atoms with van der Waals surface area (Å²) in [4.78, 5) is 24.2. The van der Waals surface area contributed by atoms with E-state index in [0.717, 1.165) is 6.07 Å². The highest BCUT2D eigenvalue weighted by molar-refractivity contribution is 6.01. The predicted octanol–water partition coefficient (Wildman–Crippen LogP) is 3.77. The number of hydrogen-bond acceptors (Lipinski definition) is 2. The predicted molar refractivity (Wildman–Crippen MR) is 88.2 cm³/mol. The minimum absolute atomic E-state index is 0.0561. The first-order valence-electron chi connectivity index (χ1n) is 7.53. The Bertz CT molecular complexity index is 774. The van der Waals surface area contributed by atoms with Crippen molar-refractivity contribution in [2.75, 3.05) is 5.32 Å². The molecule has 0 radical (unpaired) electrons. The summed E-state index contributed by atoms with van der Waals surface area (Å²) in [5.74, 6) is -1.05. The van der Waals surface area contributed by atoms with Crippen LogP contribution in [0.4, 0.5) is 18.9 Å². The van der Waals surface area contributed by atoms with Gasteiger partial charge in [-0.3, -0.25) is 9.59 Å². The Morgan fingerprint density at radius 1 is 1.00 bits per heavy atom. The molecule has 0 aliphatic rings. The second-order valence-electron chi connectivity index (χ2n) is 5.53. The van der Waals surface area contributed by atoms with Crippen LogP contribution in [-0.4, -0.2) is 17.9 Å². The third-order valence-corrected chi connectivity index (χ3v) is 3.67. The van der Waals surface area contributed by atoms with Crippen molar-refractivity contribution >= 4 is 17.5 Å². The molecule has 4 nitrogen and oxygen atoms in total.